The van der Waals surface area contributed by atoms with E-state index < -0.39 is 0 Å². The van der Waals surface area contributed by atoms with E-state index in [2.05, 4.69) is 75.6 Å². The molecule has 4 heteroatoms. The van der Waals surface area contributed by atoms with Crippen LogP contribution in [-0.2, 0) is 11.3 Å². The highest BCUT2D eigenvalue weighted by atomic mass is 16.2. The summed E-state index contributed by atoms with van der Waals surface area (Å²) >= 11 is 0. The number of aromatic nitrogens is 2. The maximum absolute atomic E-state index is 12.7. The van der Waals surface area contributed by atoms with Crippen molar-refractivity contribution >= 4 is 16.9 Å². The smallest absolute Gasteiger partial charge is 0.223 e. The zero-order valence-electron chi connectivity index (χ0n) is 17.5. The SMILES string of the molecule is Cc1ccc(C)c(Cn2c(C3CC(=O)N(C(C)(C)C)C3)nc3ccccc32)c1. The van der Waals surface area contributed by atoms with Gasteiger partial charge in [0.05, 0.1) is 11.0 Å². The monoisotopic (exact) mass is 375 g/mol. The van der Waals surface area contributed by atoms with Gasteiger partial charge < -0.3 is 9.47 Å². The quantitative estimate of drug-likeness (QED) is 0.658. The van der Waals surface area contributed by atoms with Gasteiger partial charge >= 0.3 is 0 Å². The summed E-state index contributed by atoms with van der Waals surface area (Å²) in [4.78, 5) is 19.7. The van der Waals surface area contributed by atoms with Crippen LogP contribution in [0.3, 0.4) is 0 Å². The molecular weight excluding hydrogens is 346 g/mol. The van der Waals surface area contributed by atoms with Crippen molar-refractivity contribution in [3.05, 3.63) is 65.0 Å². The summed E-state index contributed by atoms with van der Waals surface area (Å²) in [5, 5.41) is 0. The number of imidazole rings is 1. The standard InChI is InChI=1S/C24H29N3O/c1-16-10-11-17(2)18(12-16)14-26-21-9-7-6-8-20(21)25-23(26)19-13-22(28)27(15-19)24(3,4)5/h6-12,19H,13-15H2,1-5H3. The average molecular weight is 376 g/mol. The van der Waals surface area contributed by atoms with Crippen LogP contribution < -0.4 is 0 Å². The Bertz CT molecular complexity index is 1040. The molecule has 28 heavy (non-hydrogen) atoms. The molecule has 0 saturated carbocycles. The lowest BCUT2D eigenvalue weighted by Crippen LogP contribution is -2.42. The topological polar surface area (TPSA) is 38.1 Å². The van der Waals surface area contributed by atoms with Crippen LogP contribution in [0.1, 0.15) is 55.6 Å². The van der Waals surface area contributed by atoms with E-state index in [0.29, 0.717) is 6.42 Å². The molecule has 0 aliphatic carbocycles. The molecule has 1 aliphatic heterocycles. The number of benzene rings is 2. The largest absolute Gasteiger partial charge is 0.337 e. The summed E-state index contributed by atoms with van der Waals surface area (Å²) in [5.74, 6) is 1.38. The van der Waals surface area contributed by atoms with Crippen LogP contribution in [0.2, 0.25) is 0 Å². The third kappa shape index (κ3) is 3.32. The van der Waals surface area contributed by atoms with Gasteiger partial charge in [-0.1, -0.05) is 35.9 Å². The average Bonchev–Trinajstić information content (AvgIpc) is 3.19. The molecular formula is C24H29N3O. The van der Waals surface area contributed by atoms with Gasteiger partial charge in [0.15, 0.2) is 0 Å². The maximum Gasteiger partial charge on any atom is 0.223 e. The molecule has 4 nitrogen and oxygen atoms in total. The molecule has 1 aliphatic rings. The van der Waals surface area contributed by atoms with Crippen molar-refractivity contribution in [2.45, 2.75) is 59.0 Å². The first-order valence-corrected chi connectivity index (χ1v) is 10.1. The molecule has 1 atom stereocenters. The van der Waals surface area contributed by atoms with Gasteiger partial charge in [0.2, 0.25) is 5.91 Å². The number of likely N-dealkylation sites (tertiary alicyclic amines) is 1. The summed E-state index contributed by atoms with van der Waals surface area (Å²) in [6.45, 7) is 12.1. The molecule has 1 saturated heterocycles. The van der Waals surface area contributed by atoms with Gasteiger partial charge in [-0.15, -0.1) is 0 Å². The zero-order valence-corrected chi connectivity index (χ0v) is 17.5. The molecule has 0 N–H and O–H groups in total. The molecule has 1 unspecified atom stereocenters. The maximum atomic E-state index is 12.7. The van der Waals surface area contributed by atoms with Gasteiger partial charge in [-0.25, -0.2) is 4.98 Å². The summed E-state index contributed by atoms with van der Waals surface area (Å²) < 4.78 is 2.32. The van der Waals surface area contributed by atoms with Gasteiger partial charge in [0.25, 0.3) is 0 Å². The van der Waals surface area contributed by atoms with Crippen LogP contribution in [-0.4, -0.2) is 32.4 Å². The molecule has 0 radical (unpaired) electrons. The Hall–Kier alpha value is -2.62. The number of fused-ring (bicyclic) bond motifs is 1. The van der Waals surface area contributed by atoms with Crippen LogP contribution in [0, 0.1) is 13.8 Å². The first kappa shape index (κ1) is 18.7. The number of rotatable bonds is 3. The molecule has 1 aromatic heterocycles. The van der Waals surface area contributed by atoms with Crippen molar-refractivity contribution in [3.63, 3.8) is 0 Å². The van der Waals surface area contributed by atoms with Gasteiger partial charge in [-0.2, -0.15) is 0 Å². The van der Waals surface area contributed by atoms with Crippen molar-refractivity contribution in [3.8, 4) is 0 Å². The highest BCUT2D eigenvalue weighted by molar-refractivity contribution is 5.81. The Balaban J connectivity index is 1.78. The highest BCUT2D eigenvalue weighted by Crippen LogP contribution is 2.34. The van der Waals surface area contributed by atoms with E-state index in [1.807, 2.05) is 11.0 Å². The van der Waals surface area contributed by atoms with Crippen molar-refractivity contribution in [1.29, 1.82) is 0 Å². The van der Waals surface area contributed by atoms with E-state index in [0.717, 1.165) is 29.9 Å². The van der Waals surface area contributed by atoms with Crippen molar-refractivity contribution in [2.75, 3.05) is 6.54 Å². The Morgan fingerprint density at radius 3 is 2.57 bits per heavy atom. The van der Waals surface area contributed by atoms with E-state index in [1.165, 1.54) is 16.7 Å². The number of hydrogen-bond acceptors (Lipinski definition) is 2. The second-order valence-corrected chi connectivity index (χ2v) is 9.05. The van der Waals surface area contributed by atoms with Crippen molar-refractivity contribution in [1.82, 2.24) is 14.5 Å². The predicted molar refractivity (Wildman–Crippen MR) is 114 cm³/mol. The normalized spacial score (nSPS) is 17.7. The molecule has 1 fully saturated rings. The predicted octanol–water partition coefficient (Wildman–Crippen LogP) is 4.82. The fraction of sp³-hybridized carbons (Fsp3) is 0.417. The van der Waals surface area contributed by atoms with E-state index >= 15 is 0 Å². The molecule has 146 valence electrons. The molecule has 4 rings (SSSR count). The number of carbonyl (C=O) groups is 1. The van der Waals surface area contributed by atoms with E-state index in [4.69, 9.17) is 4.98 Å². The first-order chi connectivity index (χ1) is 13.2. The van der Waals surface area contributed by atoms with Gasteiger partial charge in [0.1, 0.15) is 5.82 Å². The van der Waals surface area contributed by atoms with E-state index in [1.54, 1.807) is 0 Å². The highest BCUT2D eigenvalue weighted by Gasteiger charge is 2.39. The fourth-order valence-electron chi connectivity index (χ4n) is 4.24. The second kappa shape index (κ2) is 6.77. The molecule has 2 aromatic carbocycles. The Morgan fingerprint density at radius 2 is 1.86 bits per heavy atom. The molecule has 3 aromatic rings. The molecule has 2 heterocycles. The van der Waals surface area contributed by atoms with E-state index in [-0.39, 0.29) is 17.4 Å². The van der Waals surface area contributed by atoms with Crippen LogP contribution in [0.5, 0.6) is 0 Å². The minimum Gasteiger partial charge on any atom is -0.337 e. The van der Waals surface area contributed by atoms with Crippen LogP contribution in [0.4, 0.5) is 0 Å². The lowest BCUT2D eigenvalue weighted by Gasteiger charge is -2.32. The Morgan fingerprint density at radius 1 is 1.11 bits per heavy atom. The fourth-order valence-corrected chi connectivity index (χ4v) is 4.24. The molecule has 0 bridgehead atoms. The minimum absolute atomic E-state index is 0.129. The van der Waals surface area contributed by atoms with Gasteiger partial charge in [0, 0.05) is 31.0 Å². The number of hydrogen-bond donors (Lipinski definition) is 0. The Labute approximate surface area is 167 Å². The summed E-state index contributed by atoms with van der Waals surface area (Å²) in [6, 6.07) is 14.9. The van der Waals surface area contributed by atoms with Gasteiger partial charge in [-0.05, 0) is 57.9 Å². The van der Waals surface area contributed by atoms with Crippen LogP contribution in [0.25, 0.3) is 11.0 Å². The lowest BCUT2D eigenvalue weighted by molar-refractivity contribution is -0.131. The molecule has 1 amide bonds. The number of para-hydroxylation sites is 2. The van der Waals surface area contributed by atoms with Gasteiger partial charge in [-0.3, -0.25) is 4.79 Å². The first-order valence-electron chi connectivity index (χ1n) is 10.1. The number of amides is 1. The van der Waals surface area contributed by atoms with E-state index in [9.17, 15) is 4.79 Å². The number of carbonyl (C=O) groups excluding carboxylic acids is 1. The second-order valence-electron chi connectivity index (χ2n) is 9.05. The summed E-state index contributed by atoms with van der Waals surface area (Å²) in [6.07, 6.45) is 0.535. The number of nitrogens with zero attached hydrogens (tertiary/aromatic N) is 3. The third-order valence-corrected chi connectivity index (χ3v) is 5.82. The minimum atomic E-state index is -0.157. The van der Waals surface area contributed by atoms with Crippen LogP contribution in [0.15, 0.2) is 42.5 Å². The van der Waals surface area contributed by atoms with Crippen molar-refractivity contribution in [2.24, 2.45) is 0 Å². The zero-order chi connectivity index (χ0) is 20.1. The Kier molecular flexibility index (Phi) is 4.53. The van der Waals surface area contributed by atoms with Crippen molar-refractivity contribution < 1.29 is 4.79 Å². The summed E-state index contributed by atoms with van der Waals surface area (Å²) in [5.41, 5.74) is 5.84. The number of aryl methyl sites for hydroxylation is 2. The van der Waals surface area contributed by atoms with Crippen LogP contribution >= 0.6 is 0 Å². The lowest BCUT2D eigenvalue weighted by atomic mass is 10.0. The molecule has 0 spiro atoms. The summed E-state index contributed by atoms with van der Waals surface area (Å²) in [7, 11) is 0. The third-order valence-electron chi connectivity index (χ3n) is 5.82.